The van der Waals surface area contributed by atoms with E-state index >= 15 is 0 Å². The molecule has 0 atom stereocenters. The Morgan fingerprint density at radius 1 is 0.850 bits per heavy atom. The van der Waals surface area contributed by atoms with Gasteiger partial charge in [0.25, 0.3) is 0 Å². The minimum absolute atomic E-state index is 0.233. The molecule has 1 aromatic heterocycles. The minimum atomic E-state index is 0.233. The van der Waals surface area contributed by atoms with Crippen LogP contribution in [0.1, 0.15) is 56.4 Å². The zero-order chi connectivity index (χ0) is 28.0. The lowest BCUT2D eigenvalue weighted by molar-refractivity contribution is -0.419. The summed E-state index contributed by atoms with van der Waals surface area (Å²) >= 11 is 1.89. The summed E-state index contributed by atoms with van der Waals surface area (Å²) in [4.78, 5) is 0. The van der Waals surface area contributed by atoms with Crippen molar-refractivity contribution in [2.45, 2.75) is 47.5 Å². The molecule has 0 spiro atoms. The molecule has 2 heteroatoms. The van der Waals surface area contributed by atoms with Gasteiger partial charge >= 0.3 is 0 Å². The van der Waals surface area contributed by atoms with Gasteiger partial charge in [-0.15, -0.1) is 18.2 Å². The van der Waals surface area contributed by atoms with Crippen LogP contribution in [-0.2, 0) is 6.42 Å². The third kappa shape index (κ3) is 5.29. The Morgan fingerprint density at radius 3 is 2.40 bits per heavy atom. The van der Waals surface area contributed by atoms with Crippen molar-refractivity contribution in [1.29, 1.82) is 0 Å². The smallest absolute Gasteiger partial charge is 0.159 e. The molecule has 40 heavy (non-hydrogen) atoms. The minimum Gasteiger partial charge on any atom is -0.255 e. The fraction of sp³-hybridized carbons (Fsp3) is 0.211. The Kier molecular flexibility index (Phi) is 6.76. The third-order valence-corrected chi connectivity index (χ3v) is 8.92. The first-order valence-electron chi connectivity index (χ1n) is 14.1. The van der Waals surface area contributed by atoms with Crippen molar-refractivity contribution in [3.8, 4) is 11.1 Å². The first kappa shape index (κ1) is 26.3. The van der Waals surface area contributed by atoms with Crippen molar-refractivity contribution in [3.63, 3.8) is 0 Å². The van der Waals surface area contributed by atoms with Crippen LogP contribution >= 0.6 is 11.3 Å². The van der Waals surface area contributed by atoms with E-state index in [0.717, 1.165) is 12.8 Å². The van der Waals surface area contributed by atoms with Crippen molar-refractivity contribution in [1.82, 2.24) is 0 Å². The second-order valence-electron chi connectivity index (χ2n) is 12.4. The van der Waals surface area contributed by atoms with E-state index in [4.69, 9.17) is 0 Å². The van der Waals surface area contributed by atoms with E-state index in [1.807, 2.05) is 15.9 Å². The molecule has 0 N–H and O–H groups in total. The van der Waals surface area contributed by atoms with Crippen LogP contribution in [0.4, 0.5) is 0 Å². The van der Waals surface area contributed by atoms with Crippen molar-refractivity contribution >= 4 is 38.2 Å². The molecule has 6 rings (SSSR count). The molecule has 5 aromatic rings. The largest absolute Gasteiger partial charge is 0.255 e. The van der Waals surface area contributed by atoms with E-state index in [0.29, 0.717) is 0 Å². The molecule has 0 saturated heterocycles. The van der Waals surface area contributed by atoms with E-state index in [1.165, 1.54) is 70.7 Å². The summed E-state index contributed by atoms with van der Waals surface area (Å²) < 4.78 is 4.71. The topological polar surface area (TPSA) is 3.01 Å². The van der Waals surface area contributed by atoms with Crippen LogP contribution in [-0.4, -0.2) is 11.3 Å². The molecule has 0 radical (unpaired) electrons. The van der Waals surface area contributed by atoms with Crippen molar-refractivity contribution in [2.75, 3.05) is 0 Å². The van der Waals surface area contributed by atoms with Gasteiger partial charge in [0.15, 0.2) is 4.70 Å². The number of fused-ring (bicyclic) bond motifs is 3. The maximum atomic E-state index is 4.36. The Balaban J connectivity index is 1.37. The number of thiophene rings is 1. The molecule has 1 aliphatic rings. The fourth-order valence-corrected chi connectivity index (χ4v) is 7.04. The fourth-order valence-electron chi connectivity index (χ4n) is 5.81. The second-order valence-corrected chi connectivity index (χ2v) is 13.5. The molecule has 1 nitrogen and oxygen atoms in total. The molecule has 1 aliphatic heterocycles. The van der Waals surface area contributed by atoms with Crippen molar-refractivity contribution < 1.29 is 4.58 Å². The SMILES string of the molecule is C=[N+]1C=C(C)C(CC(C)(C)C)=C[C-]1c1cc2c(cc1C)[s+][c-]1cc(-c3cccc(Cc4ccccc4)c3)ccc21. The Bertz CT molecular complexity index is 1810. The highest BCUT2D eigenvalue weighted by molar-refractivity contribution is 7.25. The maximum absolute atomic E-state index is 4.36. The summed E-state index contributed by atoms with van der Waals surface area (Å²) in [6, 6.07) is 32.6. The summed E-state index contributed by atoms with van der Waals surface area (Å²) in [5.41, 5.74) is 10.7. The lowest BCUT2D eigenvalue weighted by Crippen LogP contribution is -2.19. The van der Waals surface area contributed by atoms with E-state index in [1.54, 1.807) is 0 Å². The highest BCUT2D eigenvalue weighted by atomic mass is 32.1. The molecule has 4 aromatic carbocycles. The van der Waals surface area contributed by atoms with E-state index in [2.05, 4.69) is 139 Å². The summed E-state index contributed by atoms with van der Waals surface area (Å²) in [5, 5.41) is 2.64. The highest BCUT2D eigenvalue weighted by Gasteiger charge is 2.24. The molecular formula is C38H37NS. The van der Waals surface area contributed by atoms with Gasteiger partial charge in [0, 0.05) is 0 Å². The van der Waals surface area contributed by atoms with Crippen LogP contribution in [0, 0.1) is 18.4 Å². The first-order chi connectivity index (χ1) is 19.1. The number of benzene rings is 4. The molecule has 0 amide bonds. The molecule has 0 aliphatic carbocycles. The predicted octanol–water partition coefficient (Wildman–Crippen LogP) is 10.5. The van der Waals surface area contributed by atoms with Crippen LogP contribution < -0.4 is 0 Å². The number of hydrogen-bond donors (Lipinski definition) is 0. The van der Waals surface area contributed by atoms with Crippen LogP contribution in [0.3, 0.4) is 0 Å². The number of allylic oxidation sites excluding steroid dienone is 2. The van der Waals surface area contributed by atoms with Crippen LogP contribution in [0.15, 0.2) is 108 Å². The molecule has 0 saturated carbocycles. The molecular weight excluding hydrogens is 502 g/mol. The molecule has 0 fully saturated rings. The quantitative estimate of drug-likeness (QED) is 0.119. The zero-order valence-corrected chi connectivity index (χ0v) is 25.0. The van der Waals surface area contributed by atoms with Crippen molar-refractivity contribution in [2.24, 2.45) is 5.41 Å². The standard InChI is InChI=1S/C38H37NS/c1-25-17-36-34(22-33(25)35-20-31(23-38(3,4)5)26(2)24-39(35)6)32-16-15-30(21-37(32)40-36)29-14-10-13-28(19-29)18-27-11-8-7-9-12-27/h7-17,19-22,24H,6,18,23H2,1-5H3. The van der Waals surface area contributed by atoms with Gasteiger partial charge < -0.3 is 0 Å². The Morgan fingerprint density at radius 2 is 1.62 bits per heavy atom. The van der Waals surface area contributed by atoms with Crippen molar-refractivity contribution in [3.05, 3.63) is 137 Å². The number of rotatable bonds is 5. The van der Waals surface area contributed by atoms with Gasteiger partial charge in [0.2, 0.25) is 0 Å². The average Bonchev–Trinajstić information content (AvgIpc) is 3.26. The number of nitrogens with zero attached hydrogens (tertiary/aromatic N) is 1. The monoisotopic (exact) mass is 539 g/mol. The molecule has 2 heterocycles. The zero-order valence-electron chi connectivity index (χ0n) is 24.2. The van der Waals surface area contributed by atoms with Gasteiger partial charge in [-0.25, -0.2) is 0 Å². The molecule has 200 valence electrons. The van der Waals surface area contributed by atoms with Gasteiger partial charge in [0.05, 0.1) is 6.72 Å². The van der Waals surface area contributed by atoms with Gasteiger partial charge in [-0.3, -0.25) is 4.58 Å². The molecule has 0 unspecified atom stereocenters. The normalized spacial score (nSPS) is 14.1. The summed E-state index contributed by atoms with van der Waals surface area (Å²) in [6.07, 6.45) is 6.54. The number of aryl methyl sites for hydroxylation is 1. The number of hydrogen-bond acceptors (Lipinski definition) is 0. The van der Waals surface area contributed by atoms with Gasteiger partial charge in [-0.1, -0.05) is 127 Å². The van der Waals surface area contributed by atoms with Gasteiger partial charge in [-0.05, 0) is 53.5 Å². The van der Waals surface area contributed by atoms with E-state index in [9.17, 15) is 0 Å². The lowest BCUT2D eigenvalue weighted by Gasteiger charge is -2.28. The molecule has 0 bridgehead atoms. The van der Waals surface area contributed by atoms with Crippen LogP contribution in [0.5, 0.6) is 0 Å². The average molecular weight is 540 g/mol. The summed E-state index contributed by atoms with van der Waals surface area (Å²) in [5.74, 6) is 0. The van der Waals surface area contributed by atoms with Gasteiger partial charge in [0.1, 0.15) is 28.3 Å². The summed E-state index contributed by atoms with van der Waals surface area (Å²) in [7, 11) is 0. The highest BCUT2D eigenvalue weighted by Crippen LogP contribution is 2.41. The van der Waals surface area contributed by atoms with Crippen LogP contribution in [0.2, 0.25) is 0 Å². The van der Waals surface area contributed by atoms with Crippen LogP contribution in [0.25, 0.3) is 31.3 Å². The third-order valence-electron chi connectivity index (χ3n) is 7.80. The second kappa shape index (κ2) is 10.3. The summed E-state index contributed by atoms with van der Waals surface area (Å²) in [6.45, 7) is 15.7. The van der Waals surface area contributed by atoms with Gasteiger partial charge in [-0.2, -0.15) is 0 Å². The Hall–Kier alpha value is -3.88. The van der Waals surface area contributed by atoms with E-state index < -0.39 is 0 Å². The maximum Gasteiger partial charge on any atom is 0.159 e. The Labute approximate surface area is 242 Å². The predicted molar refractivity (Wildman–Crippen MR) is 174 cm³/mol. The lowest BCUT2D eigenvalue weighted by atomic mass is 9.83. The first-order valence-corrected chi connectivity index (χ1v) is 14.9. The van der Waals surface area contributed by atoms with E-state index in [-0.39, 0.29) is 5.41 Å².